The van der Waals surface area contributed by atoms with Crippen molar-refractivity contribution >= 4 is 39.7 Å². The van der Waals surface area contributed by atoms with Crippen molar-refractivity contribution in [3.63, 3.8) is 0 Å². The molecular formula is C24H26IN5O4. The smallest absolute Gasteiger partial charge is 0.332 e. The number of ether oxygens (including phenoxy) is 2. The number of fused-ring (bicyclic) bond motifs is 1. The van der Waals surface area contributed by atoms with Gasteiger partial charge < -0.3 is 14.8 Å². The average molecular weight is 575 g/mol. The second-order valence-electron chi connectivity index (χ2n) is 7.89. The molecule has 0 unspecified atom stereocenters. The zero-order valence-electron chi connectivity index (χ0n) is 19.5. The number of benzene rings is 2. The van der Waals surface area contributed by atoms with E-state index in [1.54, 1.807) is 21.3 Å². The zero-order valence-corrected chi connectivity index (χ0v) is 21.6. The highest BCUT2D eigenvalue weighted by Crippen LogP contribution is 2.24. The van der Waals surface area contributed by atoms with Gasteiger partial charge in [-0.1, -0.05) is 18.2 Å². The Hall–Kier alpha value is -3.28. The van der Waals surface area contributed by atoms with Crippen LogP contribution in [0, 0.1) is 3.57 Å². The third-order valence-corrected chi connectivity index (χ3v) is 6.79. The Bertz CT molecular complexity index is 1450. The van der Waals surface area contributed by atoms with Crippen LogP contribution in [-0.2, 0) is 27.1 Å². The van der Waals surface area contributed by atoms with Crippen molar-refractivity contribution in [3.8, 4) is 11.5 Å². The van der Waals surface area contributed by atoms with Crippen LogP contribution in [0.3, 0.4) is 0 Å². The lowest BCUT2D eigenvalue weighted by Crippen LogP contribution is -2.37. The maximum absolute atomic E-state index is 13.1. The molecule has 34 heavy (non-hydrogen) atoms. The van der Waals surface area contributed by atoms with Crippen molar-refractivity contribution in [2.45, 2.75) is 13.0 Å². The first-order valence-corrected chi connectivity index (χ1v) is 11.8. The molecule has 0 radical (unpaired) electrons. The van der Waals surface area contributed by atoms with Gasteiger partial charge in [-0.05, 0) is 58.3 Å². The van der Waals surface area contributed by atoms with E-state index in [2.05, 4.69) is 32.9 Å². The van der Waals surface area contributed by atoms with Crippen molar-refractivity contribution in [1.29, 1.82) is 0 Å². The molecule has 4 aromatic rings. The van der Waals surface area contributed by atoms with Gasteiger partial charge in [-0.25, -0.2) is 4.79 Å². The largest absolute Gasteiger partial charge is 0.497 e. The van der Waals surface area contributed by atoms with Crippen LogP contribution in [0.15, 0.2) is 52.1 Å². The molecule has 0 atom stereocenters. The number of imidazole rings is 1. The summed E-state index contributed by atoms with van der Waals surface area (Å²) in [5, 5.41) is 3.36. The highest BCUT2D eigenvalue weighted by molar-refractivity contribution is 14.1. The van der Waals surface area contributed by atoms with Gasteiger partial charge in [0.2, 0.25) is 5.95 Å². The second kappa shape index (κ2) is 9.92. The molecule has 0 saturated carbocycles. The van der Waals surface area contributed by atoms with Gasteiger partial charge in [-0.3, -0.25) is 18.5 Å². The minimum Gasteiger partial charge on any atom is -0.497 e. The monoisotopic (exact) mass is 575 g/mol. The first-order chi connectivity index (χ1) is 16.3. The number of aryl methyl sites for hydroxylation is 1. The van der Waals surface area contributed by atoms with Crippen LogP contribution in [0.25, 0.3) is 11.2 Å². The molecule has 0 saturated heterocycles. The summed E-state index contributed by atoms with van der Waals surface area (Å²) in [4.78, 5) is 30.2. The van der Waals surface area contributed by atoms with Crippen LogP contribution in [0.4, 0.5) is 5.95 Å². The highest BCUT2D eigenvalue weighted by atomic mass is 127. The lowest BCUT2D eigenvalue weighted by molar-refractivity contribution is 0.393. The Morgan fingerprint density at radius 1 is 1.00 bits per heavy atom. The standard InChI is InChI=1S/C24H26IN5O4/c1-28-21-20(22(31)29(2)24(28)32)30(14-16-7-5-6-8-19(16)25)23(27-21)26-10-9-15-11-17(33-3)13-18(12-15)34-4/h5-8,11-13H,9-10,14H2,1-4H3,(H,26,27). The number of hydrogen-bond donors (Lipinski definition) is 1. The fourth-order valence-corrected chi connectivity index (χ4v) is 4.42. The summed E-state index contributed by atoms with van der Waals surface area (Å²) in [7, 11) is 6.35. The van der Waals surface area contributed by atoms with E-state index in [1.807, 2.05) is 47.0 Å². The minimum atomic E-state index is -0.411. The maximum atomic E-state index is 13.1. The SMILES string of the molecule is COc1cc(CCNc2nc3c(c(=O)n(C)c(=O)n3C)n2Cc2ccccc2I)cc(OC)c1. The van der Waals surface area contributed by atoms with Crippen molar-refractivity contribution in [1.82, 2.24) is 18.7 Å². The van der Waals surface area contributed by atoms with E-state index < -0.39 is 5.69 Å². The predicted octanol–water partition coefficient (Wildman–Crippen LogP) is 2.76. The van der Waals surface area contributed by atoms with Crippen molar-refractivity contribution < 1.29 is 9.47 Å². The molecule has 0 aliphatic rings. The number of hydrogen-bond acceptors (Lipinski definition) is 6. The molecule has 10 heteroatoms. The minimum absolute atomic E-state index is 0.351. The quantitative estimate of drug-likeness (QED) is 0.325. The average Bonchev–Trinajstić information content (AvgIpc) is 3.20. The fourth-order valence-electron chi connectivity index (χ4n) is 3.86. The number of rotatable bonds is 8. The summed E-state index contributed by atoms with van der Waals surface area (Å²) < 4.78 is 16.2. The van der Waals surface area contributed by atoms with Crippen LogP contribution in [0.1, 0.15) is 11.1 Å². The summed E-state index contributed by atoms with van der Waals surface area (Å²) in [6.07, 6.45) is 0.677. The predicted molar refractivity (Wildman–Crippen MR) is 140 cm³/mol. The molecule has 0 spiro atoms. The van der Waals surface area contributed by atoms with Gasteiger partial charge in [0.1, 0.15) is 11.5 Å². The third-order valence-electron chi connectivity index (χ3n) is 5.74. The fraction of sp³-hybridized carbons (Fsp3) is 0.292. The van der Waals surface area contributed by atoms with E-state index in [1.165, 1.54) is 11.6 Å². The summed E-state index contributed by atoms with van der Waals surface area (Å²) in [5.74, 6) is 1.97. The molecule has 4 rings (SSSR count). The molecule has 0 amide bonds. The maximum Gasteiger partial charge on any atom is 0.332 e. The number of nitrogens with zero attached hydrogens (tertiary/aromatic N) is 4. The Morgan fingerprint density at radius 2 is 1.68 bits per heavy atom. The molecular weight excluding hydrogens is 549 g/mol. The van der Waals surface area contributed by atoms with Gasteiger partial charge in [0, 0.05) is 30.3 Å². The Morgan fingerprint density at radius 3 is 2.32 bits per heavy atom. The summed E-state index contributed by atoms with van der Waals surface area (Å²) >= 11 is 2.28. The Kier molecular flexibility index (Phi) is 6.96. The third kappa shape index (κ3) is 4.54. The van der Waals surface area contributed by atoms with Gasteiger partial charge in [-0.15, -0.1) is 0 Å². The van der Waals surface area contributed by atoms with E-state index in [0.717, 1.165) is 30.8 Å². The second-order valence-corrected chi connectivity index (χ2v) is 9.05. The topological polar surface area (TPSA) is 92.3 Å². The Labute approximate surface area is 210 Å². The molecule has 2 aromatic carbocycles. The van der Waals surface area contributed by atoms with Crippen molar-refractivity contribution in [3.05, 3.63) is 78.0 Å². The zero-order chi connectivity index (χ0) is 24.4. The first kappa shape index (κ1) is 23.9. The first-order valence-electron chi connectivity index (χ1n) is 10.7. The van der Waals surface area contributed by atoms with Crippen LogP contribution in [0.5, 0.6) is 11.5 Å². The van der Waals surface area contributed by atoms with Gasteiger partial charge in [0.05, 0.1) is 20.8 Å². The van der Waals surface area contributed by atoms with Crippen LogP contribution in [-0.4, -0.2) is 39.4 Å². The molecule has 178 valence electrons. The summed E-state index contributed by atoms with van der Waals surface area (Å²) in [6, 6.07) is 13.7. The van der Waals surface area contributed by atoms with E-state index in [-0.39, 0.29) is 5.56 Å². The molecule has 1 N–H and O–H groups in total. The molecule has 0 bridgehead atoms. The van der Waals surface area contributed by atoms with E-state index in [0.29, 0.717) is 36.6 Å². The van der Waals surface area contributed by atoms with Gasteiger partial charge >= 0.3 is 5.69 Å². The molecule has 9 nitrogen and oxygen atoms in total. The van der Waals surface area contributed by atoms with Gasteiger partial charge in [0.25, 0.3) is 5.56 Å². The summed E-state index contributed by atoms with van der Waals surface area (Å²) in [6.45, 7) is 0.998. The number of anilines is 1. The highest BCUT2D eigenvalue weighted by Gasteiger charge is 2.20. The lowest BCUT2D eigenvalue weighted by Gasteiger charge is -2.13. The normalized spacial score (nSPS) is 11.1. The van der Waals surface area contributed by atoms with E-state index >= 15 is 0 Å². The van der Waals surface area contributed by atoms with Crippen LogP contribution >= 0.6 is 22.6 Å². The molecule has 0 fully saturated rings. The summed E-state index contributed by atoms with van der Waals surface area (Å²) in [5.41, 5.74) is 2.04. The molecule has 2 aromatic heterocycles. The molecule has 0 aliphatic carbocycles. The number of methoxy groups -OCH3 is 2. The lowest BCUT2D eigenvalue weighted by atomic mass is 10.1. The van der Waals surface area contributed by atoms with Gasteiger partial charge in [0.15, 0.2) is 11.2 Å². The van der Waals surface area contributed by atoms with Crippen molar-refractivity contribution in [2.75, 3.05) is 26.1 Å². The number of aromatic nitrogens is 4. The van der Waals surface area contributed by atoms with Crippen LogP contribution in [0.2, 0.25) is 0 Å². The number of nitrogens with one attached hydrogen (secondary N) is 1. The van der Waals surface area contributed by atoms with Crippen LogP contribution < -0.4 is 26.0 Å². The van der Waals surface area contributed by atoms with E-state index in [4.69, 9.17) is 9.47 Å². The molecule has 2 heterocycles. The Balaban J connectivity index is 1.72. The van der Waals surface area contributed by atoms with Crippen molar-refractivity contribution in [2.24, 2.45) is 14.1 Å². The number of halogens is 1. The van der Waals surface area contributed by atoms with Gasteiger partial charge in [-0.2, -0.15) is 4.98 Å². The molecule has 0 aliphatic heterocycles. The van der Waals surface area contributed by atoms with E-state index in [9.17, 15) is 9.59 Å².